The van der Waals surface area contributed by atoms with Gasteiger partial charge in [0, 0.05) is 12.1 Å². The van der Waals surface area contributed by atoms with Gasteiger partial charge >= 0.3 is 18.4 Å². The lowest BCUT2D eigenvalue weighted by atomic mass is 9.87. The average molecular weight is 619 g/mol. The first kappa shape index (κ1) is 33.6. The quantitative estimate of drug-likeness (QED) is 0.111. The molecule has 0 radical (unpaired) electrons. The summed E-state index contributed by atoms with van der Waals surface area (Å²) >= 11 is 0. The minimum atomic E-state index is -6.03. The Hall–Kier alpha value is -3.94. The predicted molar refractivity (Wildman–Crippen MR) is 142 cm³/mol. The molecule has 0 saturated carbocycles. The Morgan fingerprint density at radius 3 is 1.95 bits per heavy atom. The van der Waals surface area contributed by atoms with Crippen LogP contribution in [-0.2, 0) is 28.8 Å². The summed E-state index contributed by atoms with van der Waals surface area (Å²) in [6.07, 6.45) is -8.32. The highest BCUT2D eigenvalue weighted by atomic mass is 19.4. The zero-order chi connectivity index (χ0) is 32.4. The molecular weight excluding hydrogens is 586 g/mol. The van der Waals surface area contributed by atoms with E-state index < -0.39 is 52.5 Å². The zero-order valence-electron chi connectivity index (χ0n) is 23.6. The minimum Gasteiger partial charge on any atom is -0.504 e. The number of phenols is 2. The van der Waals surface area contributed by atoms with Gasteiger partial charge in [-0.1, -0.05) is 38.8 Å². The van der Waals surface area contributed by atoms with E-state index in [0.29, 0.717) is 25.0 Å². The fraction of sp³-hybridized carbons (Fsp3) is 0.448. The number of imide groups is 1. The minimum absolute atomic E-state index is 0.0609. The Morgan fingerprint density at radius 2 is 1.47 bits per heavy atom. The van der Waals surface area contributed by atoms with Gasteiger partial charge in [0.1, 0.15) is 17.9 Å². The van der Waals surface area contributed by atoms with Crippen LogP contribution in [0.15, 0.2) is 42.5 Å². The van der Waals surface area contributed by atoms with Crippen molar-refractivity contribution >= 4 is 11.9 Å². The largest absolute Gasteiger partial charge is 0.504 e. The number of hydrogen-bond donors (Lipinski definition) is 4. The van der Waals surface area contributed by atoms with Gasteiger partial charge in [-0.3, -0.25) is 9.69 Å². The first-order chi connectivity index (χ1) is 19.9. The van der Waals surface area contributed by atoms with Crippen molar-refractivity contribution in [1.29, 1.82) is 0 Å². The van der Waals surface area contributed by atoms with E-state index in [4.69, 9.17) is 4.74 Å². The predicted octanol–water partition coefficient (Wildman–Crippen LogP) is 5.72. The highest BCUT2D eigenvalue weighted by Crippen LogP contribution is 2.51. The maximum atomic E-state index is 13.6. The molecular formula is C29H32F6N2O6. The number of carbonyl (C=O) groups excluding carboxylic acids is 2. The van der Waals surface area contributed by atoms with Crippen molar-refractivity contribution in [2.75, 3.05) is 13.2 Å². The van der Waals surface area contributed by atoms with E-state index in [1.807, 2.05) is 0 Å². The van der Waals surface area contributed by atoms with Crippen LogP contribution in [0, 0.1) is 0 Å². The van der Waals surface area contributed by atoms with Crippen molar-refractivity contribution in [3.05, 3.63) is 64.7 Å². The number of alkyl halides is 6. The van der Waals surface area contributed by atoms with Crippen molar-refractivity contribution in [2.24, 2.45) is 0 Å². The van der Waals surface area contributed by atoms with E-state index in [1.54, 1.807) is 13.8 Å². The monoisotopic (exact) mass is 618 g/mol. The smallest absolute Gasteiger partial charge is 0.430 e. The number of hydrogen-bond acceptors (Lipinski definition) is 6. The second-order valence-electron chi connectivity index (χ2n) is 10.3. The van der Waals surface area contributed by atoms with Crippen molar-refractivity contribution in [3.63, 3.8) is 0 Å². The molecule has 0 aromatic heterocycles. The summed E-state index contributed by atoms with van der Waals surface area (Å²) in [7, 11) is 0. The molecule has 1 saturated heterocycles. The van der Waals surface area contributed by atoms with Crippen molar-refractivity contribution in [1.82, 2.24) is 10.2 Å². The van der Waals surface area contributed by atoms with Crippen LogP contribution in [0.25, 0.3) is 0 Å². The molecule has 0 bridgehead atoms. The second-order valence-corrected chi connectivity index (χ2v) is 10.3. The second kappa shape index (κ2) is 12.3. The molecule has 1 aliphatic heterocycles. The van der Waals surface area contributed by atoms with E-state index in [1.165, 1.54) is 31.2 Å². The Morgan fingerprint density at radius 1 is 0.907 bits per heavy atom. The van der Waals surface area contributed by atoms with Crippen LogP contribution in [0.1, 0.15) is 55.9 Å². The number of aryl methyl sites for hydroxylation is 2. The van der Waals surface area contributed by atoms with Gasteiger partial charge in [-0.15, -0.1) is 0 Å². The first-order valence-corrected chi connectivity index (χ1v) is 13.4. The third-order valence-corrected chi connectivity index (χ3v) is 7.13. The molecule has 0 spiro atoms. The summed E-state index contributed by atoms with van der Waals surface area (Å²) in [5.74, 6) is -1.42. The van der Waals surface area contributed by atoms with Crippen LogP contribution in [0.4, 0.5) is 31.1 Å². The van der Waals surface area contributed by atoms with Crippen LogP contribution >= 0.6 is 0 Å². The molecule has 1 aliphatic rings. The number of benzene rings is 2. The number of nitrogens with one attached hydrogen (secondary N) is 1. The van der Waals surface area contributed by atoms with Gasteiger partial charge in [0.25, 0.3) is 11.5 Å². The van der Waals surface area contributed by atoms with Crippen LogP contribution in [-0.4, -0.2) is 57.7 Å². The molecule has 14 heteroatoms. The molecule has 43 heavy (non-hydrogen) atoms. The number of amides is 3. The number of urea groups is 1. The van der Waals surface area contributed by atoms with Crippen LogP contribution in [0.5, 0.6) is 17.2 Å². The summed E-state index contributed by atoms with van der Waals surface area (Å²) in [5.41, 5.74) is -7.58. The Balaban J connectivity index is 1.82. The summed E-state index contributed by atoms with van der Waals surface area (Å²) in [6, 6.07) is 4.30. The van der Waals surface area contributed by atoms with Crippen LogP contribution < -0.4 is 10.1 Å². The van der Waals surface area contributed by atoms with E-state index in [0.717, 1.165) is 11.0 Å². The van der Waals surface area contributed by atoms with Gasteiger partial charge in [-0.25, -0.2) is 4.79 Å². The fourth-order valence-electron chi connectivity index (χ4n) is 4.82. The van der Waals surface area contributed by atoms with E-state index >= 15 is 0 Å². The lowest BCUT2D eigenvalue weighted by Gasteiger charge is -2.33. The van der Waals surface area contributed by atoms with Gasteiger partial charge in [0.05, 0.1) is 0 Å². The molecule has 4 N–H and O–H groups in total. The molecule has 1 heterocycles. The summed E-state index contributed by atoms with van der Waals surface area (Å²) < 4.78 is 87.3. The zero-order valence-corrected chi connectivity index (χ0v) is 23.6. The van der Waals surface area contributed by atoms with Crippen molar-refractivity contribution in [3.8, 4) is 17.2 Å². The summed E-state index contributed by atoms with van der Waals surface area (Å²) in [6.45, 7) is 4.41. The maximum Gasteiger partial charge on any atom is 0.430 e. The van der Waals surface area contributed by atoms with Crippen molar-refractivity contribution < 1.29 is 56.0 Å². The lowest BCUT2D eigenvalue weighted by molar-refractivity contribution is -0.376. The number of nitrogens with zero attached hydrogens (tertiary/aromatic N) is 1. The Labute approximate surface area is 243 Å². The highest BCUT2D eigenvalue weighted by molar-refractivity contribution is 6.07. The molecule has 1 fully saturated rings. The molecule has 1 atom stereocenters. The number of carbonyl (C=O) groups is 2. The Bertz CT molecular complexity index is 1350. The summed E-state index contributed by atoms with van der Waals surface area (Å²) in [5, 5.41) is 31.8. The van der Waals surface area contributed by atoms with Gasteiger partial charge < -0.3 is 25.4 Å². The molecule has 2 aromatic carbocycles. The SMILES string of the molecule is CCCc1cc(C(O)(C(F)(F)F)C(F)(F)F)cc(CCC)c1OC/C=C\CN1C(=O)NC(C)(c2ccc(O)c(O)c2)C1=O. The lowest BCUT2D eigenvalue weighted by Crippen LogP contribution is -2.54. The van der Waals surface area contributed by atoms with Gasteiger partial charge in [-0.2, -0.15) is 26.3 Å². The van der Waals surface area contributed by atoms with E-state index in [9.17, 15) is 51.3 Å². The van der Waals surface area contributed by atoms with E-state index in [-0.39, 0.29) is 48.4 Å². The number of aromatic hydroxyl groups is 2. The third-order valence-electron chi connectivity index (χ3n) is 7.13. The molecule has 236 valence electrons. The van der Waals surface area contributed by atoms with Gasteiger partial charge in [0.2, 0.25) is 0 Å². The van der Waals surface area contributed by atoms with Crippen LogP contribution in [0.3, 0.4) is 0 Å². The fourth-order valence-corrected chi connectivity index (χ4v) is 4.82. The number of phenolic OH excluding ortho intramolecular Hbond substituents is 2. The van der Waals surface area contributed by atoms with Crippen LogP contribution in [0.2, 0.25) is 0 Å². The third kappa shape index (κ3) is 6.38. The van der Waals surface area contributed by atoms with Crippen molar-refractivity contribution in [2.45, 2.75) is 69.9 Å². The molecule has 3 rings (SSSR count). The average Bonchev–Trinajstić information content (AvgIpc) is 3.13. The Kier molecular flexibility index (Phi) is 9.64. The highest BCUT2D eigenvalue weighted by Gasteiger charge is 2.71. The topological polar surface area (TPSA) is 119 Å². The summed E-state index contributed by atoms with van der Waals surface area (Å²) in [4.78, 5) is 26.5. The number of ether oxygens (including phenoxy) is 1. The van der Waals surface area contributed by atoms with Gasteiger partial charge in [-0.05, 0) is 66.8 Å². The molecule has 0 aliphatic carbocycles. The maximum absolute atomic E-state index is 13.6. The molecule has 1 unspecified atom stereocenters. The number of aliphatic hydroxyl groups is 1. The number of halogens is 6. The number of rotatable bonds is 11. The molecule has 2 aromatic rings. The van der Waals surface area contributed by atoms with E-state index in [2.05, 4.69) is 5.32 Å². The standard InChI is InChI=1S/C29H32F6N2O6/c1-4-8-17-14-20(27(42,28(30,31)32)29(33,34)35)15-18(9-5-2)23(17)43-13-7-6-12-37-24(40)26(3,36-25(37)41)19-10-11-21(38)22(39)16-19/h6-7,10-11,14-16,38-39,42H,4-5,8-9,12-13H2,1-3H3,(H,36,41)/b7-6-. The molecule has 3 amide bonds. The normalized spacial score (nSPS) is 18.0. The first-order valence-electron chi connectivity index (χ1n) is 13.4. The molecule has 8 nitrogen and oxygen atoms in total. The van der Waals surface area contributed by atoms with Gasteiger partial charge in [0.15, 0.2) is 11.5 Å².